The lowest BCUT2D eigenvalue weighted by molar-refractivity contribution is 0.102. The number of nitrogens with two attached hydrogens (primary N) is 1. The van der Waals surface area contributed by atoms with Crippen molar-refractivity contribution in [3.63, 3.8) is 0 Å². The van der Waals surface area contributed by atoms with Crippen LogP contribution in [0.25, 0.3) is 0 Å². The minimum Gasteiger partial charge on any atom is -0.323 e. The molecule has 0 aliphatic carbocycles. The molecule has 0 unspecified atom stereocenters. The monoisotopic (exact) mass is 309 g/mol. The summed E-state index contributed by atoms with van der Waals surface area (Å²) in [5.74, 6) is 5.11. The fourth-order valence-electron chi connectivity index (χ4n) is 1.76. The first-order valence-electron chi connectivity index (χ1n) is 5.85. The van der Waals surface area contributed by atoms with Crippen molar-refractivity contribution in [1.29, 1.82) is 0 Å². The van der Waals surface area contributed by atoms with Crippen LogP contribution in [0.15, 0.2) is 36.4 Å². The Balaban J connectivity index is 2.30. The summed E-state index contributed by atoms with van der Waals surface area (Å²) in [4.78, 5) is 12.3. The van der Waals surface area contributed by atoms with Gasteiger partial charge < -0.3 is 10.7 Å². The SMILES string of the molecule is Cc1ccc(C(=O)Nc2cc(Cl)ccc2Cl)c(NN)c1. The van der Waals surface area contributed by atoms with Crippen molar-refractivity contribution >= 4 is 40.5 Å². The van der Waals surface area contributed by atoms with Gasteiger partial charge in [0, 0.05) is 5.02 Å². The molecule has 0 saturated carbocycles. The van der Waals surface area contributed by atoms with Gasteiger partial charge in [0.15, 0.2) is 0 Å². The highest BCUT2D eigenvalue weighted by molar-refractivity contribution is 6.36. The van der Waals surface area contributed by atoms with E-state index in [1.54, 1.807) is 30.3 Å². The molecular weight excluding hydrogens is 297 g/mol. The summed E-state index contributed by atoms with van der Waals surface area (Å²) in [6, 6.07) is 10.2. The smallest absolute Gasteiger partial charge is 0.257 e. The molecule has 0 bridgehead atoms. The lowest BCUT2D eigenvalue weighted by Gasteiger charge is -2.11. The van der Waals surface area contributed by atoms with Crippen molar-refractivity contribution in [2.45, 2.75) is 6.92 Å². The summed E-state index contributed by atoms with van der Waals surface area (Å²) in [6.07, 6.45) is 0. The molecule has 2 aromatic rings. The summed E-state index contributed by atoms with van der Waals surface area (Å²) in [6.45, 7) is 1.91. The van der Waals surface area contributed by atoms with Crippen molar-refractivity contribution in [3.8, 4) is 0 Å². The van der Waals surface area contributed by atoms with Gasteiger partial charge in [0.25, 0.3) is 5.91 Å². The number of carbonyl (C=O) groups is 1. The highest BCUT2D eigenvalue weighted by Crippen LogP contribution is 2.26. The van der Waals surface area contributed by atoms with Crippen LogP contribution in [-0.2, 0) is 0 Å². The third-order valence-electron chi connectivity index (χ3n) is 2.75. The van der Waals surface area contributed by atoms with Crippen molar-refractivity contribution in [3.05, 3.63) is 57.6 Å². The maximum atomic E-state index is 12.3. The van der Waals surface area contributed by atoms with Crippen molar-refractivity contribution in [1.82, 2.24) is 0 Å². The molecule has 0 heterocycles. The predicted octanol–water partition coefficient (Wildman–Crippen LogP) is 3.84. The Hall–Kier alpha value is -1.75. The lowest BCUT2D eigenvalue weighted by atomic mass is 10.1. The van der Waals surface area contributed by atoms with Gasteiger partial charge in [0.2, 0.25) is 0 Å². The first kappa shape index (κ1) is 14.7. The average molecular weight is 310 g/mol. The molecule has 6 heteroatoms. The summed E-state index contributed by atoms with van der Waals surface area (Å²) >= 11 is 11.9. The number of nitrogens with one attached hydrogen (secondary N) is 2. The molecule has 0 spiro atoms. The van der Waals surface area contributed by atoms with Crippen LogP contribution in [0.5, 0.6) is 0 Å². The van der Waals surface area contributed by atoms with Crippen LogP contribution in [0, 0.1) is 6.92 Å². The van der Waals surface area contributed by atoms with Gasteiger partial charge in [-0.2, -0.15) is 0 Å². The van der Waals surface area contributed by atoms with Crippen LogP contribution < -0.4 is 16.6 Å². The van der Waals surface area contributed by atoms with E-state index in [4.69, 9.17) is 29.0 Å². The number of hydrogen-bond acceptors (Lipinski definition) is 3. The first-order valence-corrected chi connectivity index (χ1v) is 6.60. The molecule has 0 saturated heterocycles. The van der Waals surface area contributed by atoms with Gasteiger partial charge in [-0.1, -0.05) is 29.3 Å². The van der Waals surface area contributed by atoms with Crippen molar-refractivity contribution in [2.24, 2.45) is 5.84 Å². The molecule has 0 aliphatic rings. The first-order chi connectivity index (χ1) is 9.51. The van der Waals surface area contributed by atoms with Crippen molar-refractivity contribution in [2.75, 3.05) is 10.7 Å². The van der Waals surface area contributed by atoms with Gasteiger partial charge in [-0.05, 0) is 42.8 Å². The number of amides is 1. The number of anilines is 2. The molecule has 1 amide bonds. The zero-order valence-corrected chi connectivity index (χ0v) is 12.2. The Morgan fingerprint density at radius 1 is 1.10 bits per heavy atom. The average Bonchev–Trinajstić information content (AvgIpc) is 2.42. The van der Waals surface area contributed by atoms with Crippen LogP contribution in [0.4, 0.5) is 11.4 Å². The van der Waals surface area contributed by atoms with E-state index in [1.807, 2.05) is 13.0 Å². The summed E-state index contributed by atoms with van der Waals surface area (Å²) < 4.78 is 0. The Kier molecular flexibility index (Phi) is 4.49. The van der Waals surface area contributed by atoms with Crippen LogP contribution in [0.2, 0.25) is 10.0 Å². The van der Waals surface area contributed by atoms with Gasteiger partial charge in [-0.3, -0.25) is 10.6 Å². The zero-order valence-electron chi connectivity index (χ0n) is 10.7. The molecule has 4 nitrogen and oxygen atoms in total. The number of nitrogen functional groups attached to an aromatic ring is 1. The van der Waals surface area contributed by atoms with Gasteiger partial charge in [0.1, 0.15) is 0 Å². The van der Waals surface area contributed by atoms with E-state index in [2.05, 4.69) is 10.7 Å². The van der Waals surface area contributed by atoms with E-state index in [0.29, 0.717) is 27.0 Å². The van der Waals surface area contributed by atoms with E-state index in [1.165, 1.54) is 0 Å². The summed E-state index contributed by atoms with van der Waals surface area (Å²) in [5.41, 5.74) is 4.92. The van der Waals surface area contributed by atoms with Crippen LogP contribution in [0.3, 0.4) is 0 Å². The minimum absolute atomic E-state index is 0.317. The van der Waals surface area contributed by atoms with Gasteiger partial charge >= 0.3 is 0 Å². The van der Waals surface area contributed by atoms with E-state index in [9.17, 15) is 4.79 Å². The van der Waals surface area contributed by atoms with E-state index in [-0.39, 0.29) is 5.91 Å². The number of hydrazine groups is 1. The fourth-order valence-corrected chi connectivity index (χ4v) is 2.10. The topological polar surface area (TPSA) is 67.2 Å². The largest absolute Gasteiger partial charge is 0.323 e. The second-order valence-corrected chi connectivity index (χ2v) is 5.12. The number of halogens is 2. The normalized spacial score (nSPS) is 10.2. The fraction of sp³-hybridized carbons (Fsp3) is 0.0714. The Labute approximate surface area is 126 Å². The molecule has 2 aromatic carbocycles. The molecule has 4 N–H and O–H groups in total. The van der Waals surface area contributed by atoms with Crippen molar-refractivity contribution < 1.29 is 4.79 Å². The van der Waals surface area contributed by atoms with Crippen LogP contribution >= 0.6 is 23.2 Å². The Morgan fingerprint density at radius 2 is 1.85 bits per heavy atom. The second-order valence-electron chi connectivity index (χ2n) is 4.27. The number of benzene rings is 2. The van der Waals surface area contributed by atoms with Gasteiger partial charge in [-0.15, -0.1) is 0 Å². The number of rotatable bonds is 3. The molecule has 0 fully saturated rings. The highest BCUT2D eigenvalue weighted by Gasteiger charge is 2.13. The maximum Gasteiger partial charge on any atom is 0.257 e. The van der Waals surface area contributed by atoms with E-state index < -0.39 is 0 Å². The standard InChI is InChI=1S/C14H13Cl2N3O/c1-8-2-4-10(12(6-8)19-17)14(20)18-13-7-9(15)3-5-11(13)16/h2-7,19H,17H2,1H3,(H,18,20). The summed E-state index contributed by atoms with van der Waals surface area (Å²) in [5, 5.41) is 3.62. The molecule has 20 heavy (non-hydrogen) atoms. The highest BCUT2D eigenvalue weighted by atomic mass is 35.5. The summed E-state index contributed by atoms with van der Waals surface area (Å²) in [7, 11) is 0. The van der Waals surface area contributed by atoms with Crippen LogP contribution in [-0.4, -0.2) is 5.91 Å². The lowest BCUT2D eigenvalue weighted by Crippen LogP contribution is -2.17. The Bertz CT molecular complexity index is 659. The zero-order chi connectivity index (χ0) is 14.7. The molecule has 0 atom stereocenters. The van der Waals surface area contributed by atoms with E-state index >= 15 is 0 Å². The third-order valence-corrected chi connectivity index (χ3v) is 3.32. The minimum atomic E-state index is -0.317. The molecular formula is C14H13Cl2N3O. The van der Waals surface area contributed by atoms with Crippen LogP contribution in [0.1, 0.15) is 15.9 Å². The third kappa shape index (κ3) is 3.22. The molecule has 0 aliphatic heterocycles. The predicted molar refractivity (Wildman–Crippen MR) is 83.4 cm³/mol. The number of hydrogen-bond donors (Lipinski definition) is 3. The molecule has 2 rings (SSSR count). The quantitative estimate of drug-likeness (QED) is 0.596. The maximum absolute atomic E-state index is 12.3. The van der Waals surface area contributed by atoms with E-state index in [0.717, 1.165) is 5.56 Å². The van der Waals surface area contributed by atoms with Gasteiger partial charge in [0.05, 0.1) is 22.0 Å². The number of carbonyl (C=O) groups excluding carboxylic acids is 1. The molecule has 104 valence electrons. The molecule has 0 aromatic heterocycles. The Morgan fingerprint density at radius 3 is 2.55 bits per heavy atom. The number of aryl methyl sites for hydroxylation is 1. The molecule has 0 radical (unpaired) electrons. The second kappa shape index (κ2) is 6.13. The van der Waals surface area contributed by atoms with Gasteiger partial charge in [-0.25, -0.2) is 0 Å².